The predicted molar refractivity (Wildman–Crippen MR) is 129 cm³/mol. The number of benzene rings is 2. The van der Waals surface area contributed by atoms with Gasteiger partial charge in [0, 0.05) is 41.9 Å². The first kappa shape index (κ1) is 24.4. The fourth-order valence-electron chi connectivity index (χ4n) is 3.92. The minimum absolute atomic E-state index is 0.0179. The van der Waals surface area contributed by atoms with E-state index in [2.05, 4.69) is 4.98 Å². The lowest BCUT2D eigenvalue weighted by Gasteiger charge is -2.13. The fourth-order valence-corrected chi connectivity index (χ4v) is 3.92. The van der Waals surface area contributed by atoms with Gasteiger partial charge in [0.1, 0.15) is 30.3 Å². The van der Waals surface area contributed by atoms with Crippen molar-refractivity contribution < 1.29 is 27.8 Å². The van der Waals surface area contributed by atoms with Crippen LogP contribution in [0, 0.1) is 5.82 Å². The number of ether oxygens (including phenoxy) is 3. The predicted octanol–water partition coefficient (Wildman–Crippen LogP) is 4.92. The molecule has 0 aliphatic rings. The van der Waals surface area contributed by atoms with E-state index < -0.39 is 5.82 Å². The molecule has 2 N–H and O–H groups in total. The van der Waals surface area contributed by atoms with Gasteiger partial charge in [-0.1, -0.05) is 18.2 Å². The number of esters is 1. The van der Waals surface area contributed by atoms with Crippen LogP contribution in [0.5, 0.6) is 5.75 Å². The van der Waals surface area contributed by atoms with Crippen LogP contribution in [-0.4, -0.2) is 24.7 Å². The summed E-state index contributed by atoms with van der Waals surface area (Å²) in [4.78, 5) is 16.0. The molecule has 0 atom stereocenters. The number of furan rings is 1. The van der Waals surface area contributed by atoms with Crippen molar-refractivity contribution in [3.05, 3.63) is 83.1 Å². The Bertz CT molecular complexity index is 1330. The molecule has 2 aromatic heterocycles. The number of methoxy groups -OCH3 is 1. The van der Waals surface area contributed by atoms with Crippen molar-refractivity contribution in [1.29, 1.82) is 0 Å². The topological polar surface area (TPSA) is 96.8 Å². The number of carbonyl (C=O) groups is 1. The molecule has 0 fully saturated rings. The summed E-state index contributed by atoms with van der Waals surface area (Å²) in [5.41, 5.74) is 8.82. The van der Waals surface area contributed by atoms with Crippen molar-refractivity contribution in [1.82, 2.24) is 4.98 Å². The van der Waals surface area contributed by atoms with E-state index in [1.54, 1.807) is 26.2 Å². The number of hydrogen-bond acceptors (Lipinski definition) is 7. The summed E-state index contributed by atoms with van der Waals surface area (Å²) in [6, 6.07) is 14.5. The minimum atomic E-state index is -0.487. The highest BCUT2D eigenvalue weighted by Crippen LogP contribution is 2.35. The van der Waals surface area contributed by atoms with E-state index in [4.69, 9.17) is 24.4 Å². The molecule has 2 heterocycles. The van der Waals surface area contributed by atoms with Gasteiger partial charge in [-0.05, 0) is 42.8 Å². The van der Waals surface area contributed by atoms with Gasteiger partial charge in [0.05, 0.1) is 18.7 Å². The summed E-state index contributed by atoms with van der Waals surface area (Å²) in [5, 5.41) is 0.790. The van der Waals surface area contributed by atoms with Crippen LogP contribution in [-0.2, 0) is 40.4 Å². The molecule has 0 amide bonds. The van der Waals surface area contributed by atoms with Crippen LogP contribution >= 0.6 is 0 Å². The minimum Gasteiger partial charge on any atom is -0.489 e. The van der Waals surface area contributed by atoms with E-state index in [-0.39, 0.29) is 37.8 Å². The molecule has 2 aromatic carbocycles. The second-order valence-corrected chi connectivity index (χ2v) is 7.91. The summed E-state index contributed by atoms with van der Waals surface area (Å²) in [6.07, 6.45) is 1.64. The van der Waals surface area contributed by atoms with E-state index in [0.717, 1.165) is 16.5 Å². The van der Waals surface area contributed by atoms with Crippen molar-refractivity contribution in [3.63, 3.8) is 0 Å². The van der Waals surface area contributed by atoms with Crippen molar-refractivity contribution in [2.45, 2.75) is 33.1 Å². The monoisotopic (exact) mass is 478 g/mol. The van der Waals surface area contributed by atoms with Gasteiger partial charge in [-0.3, -0.25) is 9.78 Å². The van der Waals surface area contributed by atoms with Crippen LogP contribution in [0.3, 0.4) is 0 Å². The molecule has 182 valence electrons. The Morgan fingerprint density at radius 1 is 1.11 bits per heavy atom. The SMILES string of the molecule is CCOC(=O)Cc1ccccc1OCc1cc(-c2ccnc(CN)c2F)c2oc(COC)cc2c1. The molecule has 0 aliphatic carbocycles. The van der Waals surface area contributed by atoms with Crippen LogP contribution in [0.1, 0.15) is 29.5 Å². The second kappa shape index (κ2) is 11.1. The number of aromatic nitrogens is 1. The van der Waals surface area contributed by atoms with Crippen LogP contribution in [0.15, 0.2) is 59.1 Å². The number of carbonyl (C=O) groups excluding carboxylic acids is 1. The lowest BCUT2D eigenvalue weighted by atomic mass is 10.00. The van der Waals surface area contributed by atoms with Gasteiger partial charge in [0.25, 0.3) is 0 Å². The number of pyridine rings is 1. The van der Waals surface area contributed by atoms with Gasteiger partial charge >= 0.3 is 5.97 Å². The van der Waals surface area contributed by atoms with Crippen molar-refractivity contribution >= 4 is 16.9 Å². The Morgan fingerprint density at radius 2 is 1.94 bits per heavy atom. The highest BCUT2D eigenvalue weighted by Gasteiger charge is 2.18. The summed E-state index contributed by atoms with van der Waals surface area (Å²) in [5.74, 6) is 0.393. The highest BCUT2D eigenvalue weighted by atomic mass is 19.1. The standard InChI is InChI=1S/C27H27FN2O5/c1-3-33-25(31)13-18-6-4-5-7-24(18)34-15-17-10-19-12-20(16-32-2)35-27(19)22(11-17)21-8-9-30-23(14-29)26(21)28/h4-12H,3,13-16,29H2,1-2H3. The van der Waals surface area contributed by atoms with Crippen LogP contribution in [0.2, 0.25) is 0 Å². The van der Waals surface area contributed by atoms with E-state index in [9.17, 15) is 4.79 Å². The Morgan fingerprint density at radius 3 is 2.71 bits per heavy atom. The first-order valence-electron chi connectivity index (χ1n) is 11.3. The first-order valence-corrected chi connectivity index (χ1v) is 11.3. The Kier molecular flexibility index (Phi) is 7.74. The number of nitrogens with zero attached hydrogens (tertiary/aromatic N) is 1. The smallest absolute Gasteiger partial charge is 0.310 e. The molecule has 7 nitrogen and oxygen atoms in total. The highest BCUT2D eigenvalue weighted by molar-refractivity contribution is 5.93. The zero-order valence-electron chi connectivity index (χ0n) is 19.7. The van der Waals surface area contributed by atoms with E-state index in [1.807, 2.05) is 36.4 Å². The largest absolute Gasteiger partial charge is 0.489 e. The van der Waals surface area contributed by atoms with Crippen LogP contribution in [0.4, 0.5) is 4.39 Å². The van der Waals surface area contributed by atoms with Gasteiger partial charge < -0.3 is 24.4 Å². The molecule has 4 rings (SSSR count). The molecular formula is C27H27FN2O5. The number of rotatable bonds is 10. The number of nitrogens with two attached hydrogens (primary N) is 1. The molecular weight excluding hydrogens is 451 g/mol. The van der Waals surface area contributed by atoms with E-state index in [1.165, 1.54) is 6.20 Å². The molecule has 0 spiro atoms. The second-order valence-electron chi connectivity index (χ2n) is 7.91. The average molecular weight is 479 g/mol. The molecule has 0 saturated carbocycles. The summed E-state index contributed by atoms with van der Waals surface area (Å²) < 4.78 is 37.5. The third kappa shape index (κ3) is 5.50. The lowest BCUT2D eigenvalue weighted by molar-refractivity contribution is -0.142. The summed E-state index contributed by atoms with van der Waals surface area (Å²) >= 11 is 0. The summed E-state index contributed by atoms with van der Waals surface area (Å²) in [7, 11) is 1.58. The zero-order valence-corrected chi connectivity index (χ0v) is 19.7. The normalized spacial score (nSPS) is 11.1. The molecule has 4 aromatic rings. The maximum atomic E-state index is 15.2. The number of para-hydroxylation sites is 1. The number of halogens is 1. The molecule has 0 radical (unpaired) electrons. The molecule has 0 saturated heterocycles. The number of hydrogen-bond donors (Lipinski definition) is 1. The molecule has 35 heavy (non-hydrogen) atoms. The molecule has 0 aliphatic heterocycles. The summed E-state index contributed by atoms with van der Waals surface area (Å²) in [6.45, 7) is 2.55. The van der Waals surface area contributed by atoms with Gasteiger partial charge in [-0.2, -0.15) is 0 Å². The fraction of sp³-hybridized carbons (Fsp3) is 0.259. The van der Waals surface area contributed by atoms with Gasteiger partial charge in [0.2, 0.25) is 0 Å². The van der Waals surface area contributed by atoms with Gasteiger partial charge in [-0.25, -0.2) is 4.39 Å². The third-order valence-corrected chi connectivity index (χ3v) is 5.47. The van der Waals surface area contributed by atoms with Crippen LogP contribution < -0.4 is 10.5 Å². The van der Waals surface area contributed by atoms with E-state index in [0.29, 0.717) is 34.8 Å². The maximum absolute atomic E-state index is 15.2. The first-order chi connectivity index (χ1) is 17.0. The van der Waals surface area contributed by atoms with Crippen molar-refractivity contribution in [3.8, 4) is 16.9 Å². The molecule has 0 unspecified atom stereocenters. The third-order valence-electron chi connectivity index (χ3n) is 5.47. The maximum Gasteiger partial charge on any atom is 0.310 e. The lowest BCUT2D eigenvalue weighted by Crippen LogP contribution is -2.09. The molecule has 0 bridgehead atoms. The van der Waals surface area contributed by atoms with Gasteiger partial charge in [-0.15, -0.1) is 0 Å². The quantitative estimate of drug-likeness (QED) is 0.323. The van der Waals surface area contributed by atoms with Gasteiger partial charge in [0.15, 0.2) is 5.82 Å². The molecule has 8 heteroatoms. The van der Waals surface area contributed by atoms with Crippen LogP contribution in [0.25, 0.3) is 22.1 Å². The number of fused-ring (bicyclic) bond motifs is 1. The van der Waals surface area contributed by atoms with Crippen molar-refractivity contribution in [2.24, 2.45) is 5.73 Å². The Hall–Kier alpha value is -3.75. The van der Waals surface area contributed by atoms with E-state index >= 15 is 4.39 Å². The zero-order chi connectivity index (χ0) is 24.8. The Labute approximate surface area is 202 Å². The van der Waals surface area contributed by atoms with Crippen molar-refractivity contribution in [2.75, 3.05) is 13.7 Å². The average Bonchev–Trinajstić information content (AvgIpc) is 3.26. The Balaban J connectivity index is 1.70.